The molecule has 1 N–H and O–H groups in total. The fourth-order valence-electron chi connectivity index (χ4n) is 3.04. The Morgan fingerprint density at radius 3 is 1.88 bits per heavy atom. The lowest BCUT2D eigenvalue weighted by atomic mass is 9.92. The minimum absolute atomic E-state index is 0.0927. The molecular formula is C22H29NO. The van der Waals surface area contributed by atoms with Crippen LogP contribution in [0.3, 0.4) is 0 Å². The van der Waals surface area contributed by atoms with E-state index >= 15 is 0 Å². The van der Waals surface area contributed by atoms with Crippen LogP contribution in [0, 0.1) is 0 Å². The third kappa shape index (κ3) is 4.47. The number of Topliss-reactive ketones (excluding diaryl/α,β-unsaturated/α-hetero) is 1. The van der Waals surface area contributed by atoms with Crippen molar-refractivity contribution in [3.8, 4) is 0 Å². The van der Waals surface area contributed by atoms with Crippen molar-refractivity contribution in [1.29, 1.82) is 0 Å². The number of para-hydroxylation sites is 1. The predicted molar refractivity (Wildman–Crippen MR) is 103 cm³/mol. The summed E-state index contributed by atoms with van der Waals surface area (Å²) in [6.07, 6.45) is 0.494. The highest BCUT2D eigenvalue weighted by Crippen LogP contribution is 2.33. The predicted octanol–water partition coefficient (Wildman–Crippen LogP) is 6.01. The summed E-state index contributed by atoms with van der Waals surface area (Å²) in [7, 11) is 0. The zero-order valence-electron chi connectivity index (χ0n) is 15.5. The molecule has 1 atom stereocenters. The van der Waals surface area contributed by atoms with E-state index in [-0.39, 0.29) is 11.8 Å². The van der Waals surface area contributed by atoms with E-state index in [9.17, 15) is 4.79 Å². The van der Waals surface area contributed by atoms with Crippen molar-refractivity contribution in [2.24, 2.45) is 0 Å². The second-order valence-corrected chi connectivity index (χ2v) is 7.16. The summed E-state index contributed by atoms with van der Waals surface area (Å²) in [4.78, 5) is 12.4. The molecule has 0 radical (unpaired) electrons. The average molecular weight is 323 g/mol. The molecule has 0 aromatic heterocycles. The van der Waals surface area contributed by atoms with Gasteiger partial charge in [0.05, 0.1) is 0 Å². The fourth-order valence-corrected chi connectivity index (χ4v) is 3.04. The van der Waals surface area contributed by atoms with Crippen LogP contribution >= 0.6 is 0 Å². The van der Waals surface area contributed by atoms with E-state index in [0.717, 1.165) is 5.56 Å². The first-order valence-electron chi connectivity index (χ1n) is 8.87. The van der Waals surface area contributed by atoms with Crippen LogP contribution in [0.4, 0.5) is 5.69 Å². The molecule has 1 unspecified atom stereocenters. The first-order chi connectivity index (χ1) is 11.4. The molecule has 0 spiro atoms. The lowest BCUT2D eigenvalue weighted by molar-refractivity contribution is 0.0978. The van der Waals surface area contributed by atoms with E-state index in [4.69, 9.17) is 0 Å². The number of rotatable bonds is 7. The number of nitrogens with one attached hydrogen (secondary N) is 1. The molecule has 2 rings (SSSR count). The van der Waals surface area contributed by atoms with Crippen LogP contribution in [0.15, 0.2) is 48.5 Å². The third-order valence-corrected chi connectivity index (χ3v) is 4.35. The van der Waals surface area contributed by atoms with Gasteiger partial charge in [-0.2, -0.15) is 0 Å². The molecule has 2 nitrogen and oxygen atoms in total. The summed E-state index contributed by atoms with van der Waals surface area (Å²) >= 11 is 0. The Morgan fingerprint density at radius 2 is 1.38 bits per heavy atom. The van der Waals surface area contributed by atoms with E-state index in [0.29, 0.717) is 18.3 Å². The fraction of sp³-hybridized carbons (Fsp3) is 0.409. The average Bonchev–Trinajstić information content (AvgIpc) is 2.55. The Hall–Kier alpha value is -2.09. The molecule has 0 aliphatic rings. The van der Waals surface area contributed by atoms with Crippen LogP contribution in [0.1, 0.15) is 74.4 Å². The van der Waals surface area contributed by atoms with Crippen molar-refractivity contribution < 1.29 is 4.79 Å². The monoisotopic (exact) mass is 323 g/mol. The number of anilines is 1. The SMILES string of the molecule is CC(CC(=O)c1ccccc1)Nc1c(C(C)C)cccc1C(C)C. The maximum atomic E-state index is 12.4. The van der Waals surface area contributed by atoms with Crippen LogP contribution in [-0.4, -0.2) is 11.8 Å². The molecule has 0 saturated carbocycles. The highest BCUT2D eigenvalue weighted by atomic mass is 16.1. The summed E-state index contributed by atoms with van der Waals surface area (Å²) in [5, 5.41) is 3.62. The molecule has 0 heterocycles. The maximum absolute atomic E-state index is 12.4. The van der Waals surface area contributed by atoms with Gasteiger partial charge in [0.15, 0.2) is 5.78 Å². The molecule has 24 heavy (non-hydrogen) atoms. The zero-order chi connectivity index (χ0) is 17.7. The third-order valence-electron chi connectivity index (χ3n) is 4.35. The summed E-state index contributed by atoms with van der Waals surface area (Å²) in [6.45, 7) is 10.9. The lowest BCUT2D eigenvalue weighted by Crippen LogP contribution is -2.22. The molecule has 0 aliphatic carbocycles. The van der Waals surface area contributed by atoms with Crippen LogP contribution < -0.4 is 5.32 Å². The van der Waals surface area contributed by atoms with Gasteiger partial charge in [0.2, 0.25) is 0 Å². The number of hydrogen-bond acceptors (Lipinski definition) is 2. The Labute approximate surface area is 146 Å². The summed E-state index contributed by atoms with van der Waals surface area (Å²) in [6, 6.07) is 16.1. The molecule has 0 aliphatic heterocycles. The molecule has 0 amide bonds. The van der Waals surface area contributed by atoms with Crippen LogP contribution in [0.2, 0.25) is 0 Å². The van der Waals surface area contributed by atoms with Crippen molar-refractivity contribution >= 4 is 11.5 Å². The molecular weight excluding hydrogens is 294 g/mol. The van der Waals surface area contributed by atoms with Crippen molar-refractivity contribution in [1.82, 2.24) is 0 Å². The quantitative estimate of drug-likeness (QED) is 0.632. The first-order valence-corrected chi connectivity index (χ1v) is 8.87. The van der Waals surface area contributed by atoms with Gasteiger partial charge in [-0.25, -0.2) is 0 Å². The van der Waals surface area contributed by atoms with Crippen LogP contribution in [-0.2, 0) is 0 Å². The number of hydrogen-bond donors (Lipinski definition) is 1. The van der Waals surface area contributed by atoms with Crippen molar-refractivity contribution in [2.75, 3.05) is 5.32 Å². The molecule has 0 fully saturated rings. The normalized spacial score (nSPS) is 12.5. The van der Waals surface area contributed by atoms with Crippen molar-refractivity contribution in [3.63, 3.8) is 0 Å². The van der Waals surface area contributed by atoms with Gasteiger partial charge < -0.3 is 5.32 Å². The number of carbonyl (C=O) groups is 1. The number of carbonyl (C=O) groups excluding carboxylic acids is 1. The van der Waals surface area contributed by atoms with Gasteiger partial charge in [0.1, 0.15) is 0 Å². The Morgan fingerprint density at radius 1 is 0.833 bits per heavy atom. The molecule has 2 aromatic rings. The highest BCUT2D eigenvalue weighted by molar-refractivity contribution is 5.96. The van der Waals surface area contributed by atoms with Gasteiger partial charge in [0.25, 0.3) is 0 Å². The second kappa shape index (κ2) is 8.14. The van der Waals surface area contributed by atoms with Crippen LogP contribution in [0.5, 0.6) is 0 Å². The number of ketones is 1. The van der Waals surface area contributed by atoms with Gasteiger partial charge in [-0.15, -0.1) is 0 Å². The highest BCUT2D eigenvalue weighted by Gasteiger charge is 2.17. The number of benzene rings is 2. The maximum Gasteiger partial charge on any atom is 0.164 e. The summed E-state index contributed by atoms with van der Waals surface area (Å²) in [5.74, 6) is 1.08. The summed E-state index contributed by atoms with van der Waals surface area (Å²) in [5.41, 5.74) is 4.63. The molecule has 2 heteroatoms. The van der Waals surface area contributed by atoms with Crippen LogP contribution in [0.25, 0.3) is 0 Å². The van der Waals surface area contributed by atoms with E-state index in [2.05, 4.69) is 58.1 Å². The van der Waals surface area contributed by atoms with Crippen molar-refractivity contribution in [3.05, 3.63) is 65.2 Å². The minimum Gasteiger partial charge on any atom is -0.382 e. The Bertz CT molecular complexity index is 647. The van der Waals surface area contributed by atoms with Gasteiger partial charge in [-0.05, 0) is 29.9 Å². The Balaban J connectivity index is 2.19. The van der Waals surface area contributed by atoms with E-state index in [1.807, 2.05) is 30.3 Å². The smallest absolute Gasteiger partial charge is 0.164 e. The first kappa shape index (κ1) is 18.3. The van der Waals surface area contributed by atoms with E-state index in [1.165, 1.54) is 16.8 Å². The summed E-state index contributed by atoms with van der Waals surface area (Å²) < 4.78 is 0. The van der Waals surface area contributed by atoms with Gasteiger partial charge in [-0.1, -0.05) is 76.2 Å². The van der Waals surface area contributed by atoms with Gasteiger partial charge in [-0.3, -0.25) is 4.79 Å². The largest absolute Gasteiger partial charge is 0.382 e. The van der Waals surface area contributed by atoms with E-state index < -0.39 is 0 Å². The standard InChI is InChI=1S/C22H29NO/c1-15(2)19-12-9-13-20(16(3)4)22(19)23-17(5)14-21(24)18-10-7-6-8-11-18/h6-13,15-17,23H,14H2,1-5H3. The molecule has 0 saturated heterocycles. The second-order valence-electron chi connectivity index (χ2n) is 7.16. The lowest BCUT2D eigenvalue weighted by Gasteiger charge is -2.24. The minimum atomic E-state index is 0.0927. The van der Waals surface area contributed by atoms with Gasteiger partial charge in [0, 0.05) is 23.7 Å². The molecule has 0 bridgehead atoms. The zero-order valence-corrected chi connectivity index (χ0v) is 15.5. The topological polar surface area (TPSA) is 29.1 Å². The van der Waals surface area contributed by atoms with Gasteiger partial charge >= 0.3 is 0 Å². The van der Waals surface area contributed by atoms with Crippen molar-refractivity contribution in [2.45, 2.75) is 58.9 Å². The molecule has 128 valence electrons. The Kier molecular flexibility index (Phi) is 6.19. The van der Waals surface area contributed by atoms with E-state index in [1.54, 1.807) is 0 Å². The molecule has 2 aromatic carbocycles.